The molecule has 0 aromatic heterocycles. The van der Waals surface area contributed by atoms with E-state index in [1.54, 1.807) is 0 Å². The summed E-state index contributed by atoms with van der Waals surface area (Å²) in [4.78, 5) is 0. The van der Waals surface area contributed by atoms with Crippen LogP contribution in [0.15, 0.2) is 24.3 Å². The van der Waals surface area contributed by atoms with Crippen molar-refractivity contribution in [2.45, 2.75) is 13.8 Å². The number of rotatable bonds is 0. The highest BCUT2D eigenvalue weighted by Crippen LogP contribution is 2.02. The van der Waals surface area contributed by atoms with E-state index >= 15 is 0 Å². The van der Waals surface area contributed by atoms with Gasteiger partial charge in [0, 0.05) is 11.0 Å². The van der Waals surface area contributed by atoms with Crippen LogP contribution in [0.1, 0.15) is 11.1 Å². The van der Waals surface area contributed by atoms with Crippen LogP contribution in [0.5, 0.6) is 0 Å². The van der Waals surface area contributed by atoms with Gasteiger partial charge < -0.3 is 0 Å². The number of hydrogen-bond acceptors (Lipinski definition) is 0. The van der Waals surface area contributed by atoms with Crippen molar-refractivity contribution in [3.05, 3.63) is 35.4 Å². The van der Waals surface area contributed by atoms with Crippen LogP contribution in [0.4, 0.5) is 0 Å². The van der Waals surface area contributed by atoms with Gasteiger partial charge in [-0.25, -0.2) is 0 Å². The summed E-state index contributed by atoms with van der Waals surface area (Å²) in [5.41, 5.74) is 2.74. The third-order valence-corrected chi connectivity index (χ3v) is 1.43. The molecule has 0 aliphatic heterocycles. The number of hydrogen-bond donors (Lipinski definition) is 0. The van der Waals surface area contributed by atoms with E-state index in [4.69, 9.17) is 0 Å². The van der Waals surface area contributed by atoms with Gasteiger partial charge in [0.05, 0.1) is 0 Å². The Morgan fingerprint density at radius 2 is 1.22 bits per heavy atom. The Bertz CT molecular complexity index is 161. The minimum absolute atomic E-state index is 0. The van der Waals surface area contributed by atoms with Crippen molar-refractivity contribution >= 4 is 11.0 Å². The topological polar surface area (TPSA) is 0 Å². The predicted octanol–water partition coefficient (Wildman–Crippen LogP) is 1.92. The fourth-order valence-corrected chi connectivity index (χ4v) is 0.663. The zero-order chi connectivity index (χ0) is 5.98. The van der Waals surface area contributed by atoms with Crippen molar-refractivity contribution in [2.24, 2.45) is 0 Å². The standard InChI is InChI=1S/C8H10.Si/c1-7-5-3-4-6-8(7)2;/h3-6H,1-2H3;. The van der Waals surface area contributed by atoms with Crippen LogP contribution in [-0.2, 0) is 0 Å². The average Bonchev–Trinajstić information content (AvgIpc) is 1.77. The summed E-state index contributed by atoms with van der Waals surface area (Å²) < 4.78 is 0. The molecule has 0 saturated heterocycles. The first-order valence-electron chi connectivity index (χ1n) is 2.83. The fourth-order valence-electron chi connectivity index (χ4n) is 0.663. The van der Waals surface area contributed by atoms with E-state index in [9.17, 15) is 0 Å². The third-order valence-electron chi connectivity index (χ3n) is 1.43. The highest BCUT2D eigenvalue weighted by Gasteiger charge is 1.83. The highest BCUT2D eigenvalue weighted by molar-refractivity contribution is 5.75. The minimum atomic E-state index is 0. The van der Waals surface area contributed by atoms with Gasteiger partial charge >= 0.3 is 0 Å². The Kier molecular flexibility index (Phi) is 3.24. The lowest BCUT2D eigenvalue weighted by Crippen LogP contribution is -1.74. The van der Waals surface area contributed by atoms with Gasteiger partial charge in [0.2, 0.25) is 0 Å². The maximum absolute atomic E-state index is 2.12. The largest absolute Gasteiger partial charge is 0.0620 e. The second-order valence-electron chi connectivity index (χ2n) is 2.08. The Morgan fingerprint density at radius 3 is 1.44 bits per heavy atom. The molecule has 4 radical (unpaired) electrons. The maximum Gasteiger partial charge on any atom is 0 e. The second-order valence-corrected chi connectivity index (χ2v) is 2.08. The molecule has 0 aliphatic rings. The quantitative estimate of drug-likeness (QED) is 0.476. The van der Waals surface area contributed by atoms with Crippen molar-refractivity contribution in [3.63, 3.8) is 0 Å². The van der Waals surface area contributed by atoms with Gasteiger partial charge in [-0.1, -0.05) is 24.3 Å². The average molecular weight is 134 g/mol. The zero-order valence-corrected chi connectivity index (χ0v) is 6.81. The van der Waals surface area contributed by atoms with Gasteiger partial charge in [0.1, 0.15) is 0 Å². The molecule has 0 heterocycles. The molecule has 46 valence electrons. The van der Waals surface area contributed by atoms with Crippen molar-refractivity contribution in [3.8, 4) is 0 Å². The number of aryl methyl sites for hydroxylation is 2. The molecule has 0 bridgehead atoms. The Balaban J connectivity index is 0.000000640. The van der Waals surface area contributed by atoms with E-state index in [1.807, 2.05) is 0 Å². The first-order valence-corrected chi connectivity index (χ1v) is 2.83. The van der Waals surface area contributed by atoms with Crippen molar-refractivity contribution in [2.75, 3.05) is 0 Å². The van der Waals surface area contributed by atoms with Gasteiger partial charge in [0.15, 0.2) is 0 Å². The molecule has 1 heteroatoms. The van der Waals surface area contributed by atoms with Crippen molar-refractivity contribution < 1.29 is 0 Å². The molecule has 0 nitrogen and oxygen atoms in total. The van der Waals surface area contributed by atoms with Crippen molar-refractivity contribution in [1.29, 1.82) is 0 Å². The summed E-state index contributed by atoms with van der Waals surface area (Å²) >= 11 is 0. The lowest BCUT2D eigenvalue weighted by atomic mass is 10.1. The van der Waals surface area contributed by atoms with Gasteiger partial charge in [-0.05, 0) is 25.0 Å². The van der Waals surface area contributed by atoms with Crippen LogP contribution in [0, 0.1) is 13.8 Å². The fraction of sp³-hybridized carbons (Fsp3) is 0.250. The number of benzene rings is 1. The molecule has 0 saturated carbocycles. The van der Waals surface area contributed by atoms with E-state index in [1.165, 1.54) is 11.1 Å². The van der Waals surface area contributed by atoms with E-state index in [2.05, 4.69) is 38.1 Å². The molecule has 0 N–H and O–H groups in total. The van der Waals surface area contributed by atoms with Crippen LogP contribution in [0.25, 0.3) is 0 Å². The molecule has 0 amide bonds. The highest BCUT2D eigenvalue weighted by atomic mass is 28.1. The zero-order valence-electron chi connectivity index (χ0n) is 5.81. The SMILES string of the molecule is Cc1ccccc1C.[Si]. The molecule has 0 spiro atoms. The smallest absolute Gasteiger partial charge is 0 e. The maximum atomic E-state index is 2.12. The molecule has 9 heavy (non-hydrogen) atoms. The van der Waals surface area contributed by atoms with Gasteiger partial charge in [-0.3, -0.25) is 0 Å². The van der Waals surface area contributed by atoms with E-state index in [0.29, 0.717) is 0 Å². The lowest BCUT2D eigenvalue weighted by molar-refractivity contribution is 1.34. The molecular formula is C8H10Si. The Morgan fingerprint density at radius 1 is 0.889 bits per heavy atom. The van der Waals surface area contributed by atoms with E-state index < -0.39 is 0 Å². The first kappa shape index (κ1) is 8.44. The van der Waals surface area contributed by atoms with Crippen LogP contribution < -0.4 is 0 Å². The van der Waals surface area contributed by atoms with Crippen LogP contribution in [-0.4, -0.2) is 11.0 Å². The van der Waals surface area contributed by atoms with Crippen molar-refractivity contribution in [1.82, 2.24) is 0 Å². The first-order chi connectivity index (χ1) is 3.80. The van der Waals surface area contributed by atoms with Gasteiger partial charge in [-0.15, -0.1) is 0 Å². The third kappa shape index (κ3) is 2.02. The summed E-state index contributed by atoms with van der Waals surface area (Å²) in [5.74, 6) is 0. The van der Waals surface area contributed by atoms with Crippen LogP contribution in [0.3, 0.4) is 0 Å². The molecular weight excluding hydrogens is 124 g/mol. The summed E-state index contributed by atoms with van der Waals surface area (Å²) in [5, 5.41) is 0. The lowest BCUT2D eigenvalue weighted by Gasteiger charge is -1.93. The molecule has 0 fully saturated rings. The van der Waals surface area contributed by atoms with Crippen LogP contribution in [0.2, 0.25) is 0 Å². The summed E-state index contributed by atoms with van der Waals surface area (Å²) in [7, 11) is 0. The molecule has 1 aromatic rings. The van der Waals surface area contributed by atoms with Crippen LogP contribution >= 0.6 is 0 Å². The summed E-state index contributed by atoms with van der Waals surface area (Å²) in [6.45, 7) is 4.24. The summed E-state index contributed by atoms with van der Waals surface area (Å²) in [6, 6.07) is 8.36. The Labute approximate surface area is 60.9 Å². The van der Waals surface area contributed by atoms with Gasteiger partial charge in [-0.2, -0.15) is 0 Å². The normalized spacial score (nSPS) is 8.22. The minimum Gasteiger partial charge on any atom is -0.0620 e. The monoisotopic (exact) mass is 134 g/mol. The molecule has 0 atom stereocenters. The second kappa shape index (κ2) is 3.46. The summed E-state index contributed by atoms with van der Waals surface area (Å²) in [6.07, 6.45) is 0. The molecule has 1 aromatic carbocycles. The predicted molar refractivity (Wildman–Crippen MR) is 41.7 cm³/mol. The van der Waals surface area contributed by atoms with Gasteiger partial charge in [0.25, 0.3) is 0 Å². The molecule has 0 unspecified atom stereocenters. The van der Waals surface area contributed by atoms with E-state index in [0.717, 1.165) is 0 Å². The van der Waals surface area contributed by atoms with E-state index in [-0.39, 0.29) is 11.0 Å². The Hall–Kier alpha value is -0.563. The molecule has 1 rings (SSSR count). The molecule has 0 aliphatic carbocycles.